The lowest BCUT2D eigenvalue weighted by Gasteiger charge is -2.37. The molecule has 2 aromatic heterocycles. The summed E-state index contributed by atoms with van der Waals surface area (Å²) in [4.78, 5) is 13.8. The van der Waals surface area contributed by atoms with Gasteiger partial charge in [0.25, 0.3) is 11.8 Å². The van der Waals surface area contributed by atoms with Gasteiger partial charge in [0.2, 0.25) is 0 Å². The van der Waals surface area contributed by atoms with Crippen LogP contribution in [0.2, 0.25) is 0 Å². The summed E-state index contributed by atoms with van der Waals surface area (Å²) in [7, 11) is 3.42. The smallest absolute Gasteiger partial charge is 0.278 e. The highest BCUT2D eigenvalue weighted by molar-refractivity contribution is 5.54. The average Bonchev–Trinajstić information content (AvgIpc) is 3.24. The normalized spacial score (nSPS) is 15.5. The number of anilines is 1. The monoisotopic (exact) mass is 403 g/mol. The van der Waals surface area contributed by atoms with Gasteiger partial charge in [0, 0.05) is 50.6 Å². The van der Waals surface area contributed by atoms with E-state index in [0.29, 0.717) is 29.5 Å². The Bertz CT molecular complexity index is 771. The molecule has 160 valence electrons. The number of likely N-dealkylation sites (N-methyl/N-ethyl adjacent to an activating group) is 1. The van der Waals surface area contributed by atoms with Crippen LogP contribution in [0.5, 0.6) is 5.75 Å². The highest BCUT2D eigenvalue weighted by Gasteiger charge is 2.26. The SMILES string of the molecule is CCN(CCOC)C1CCN(c2noc(-c3cc(OC)c(C(C)C)cn3)n2)CC1. The van der Waals surface area contributed by atoms with Crippen LogP contribution in [0, 0.1) is 0 Å². The highest BCUT2D eigenvalue weighted by Crippen LogP contribution is 2.30. The lowest BCUT2D eigenvalue weighted by Crippen LogP contribution is -2.46. The van der Waals surface area contributed by atoms with E-state index in [1.165, 1.54) is 0 Å². The fourth-order valence-electron chi connectivity index (χ4n) is 3.86. The maximum Gasteiger partial charge on any atom is 0.278 e. The summed E-state index contributed by atoms with van der Waals surface area (Å²) >= 11 is 0. The molecule has 0 atom stereocenters. The number of aromatic nitrogens is 3. The maximum atomic E-state index is 5.51. The molecule has 3 heterocycles. The Balaban J connectivity index is 1.65. The Hall–Kier alpha value is -2.19. The van der Waals surface area contributed by atoms with E-state index >= 15 is 0 Å². The Labute approximate surface area is 173 Å². The third kappa shape index (κ3) is 5.05. The molecule has 0 unspecified atom stereocenters. The summed E-state index contributed by atoms with van der Waals surface area (Å²) in [5, 5.41) is 4.19. The van der Waals surface area contributed by atoms with Crippen LogP contribution in [-0.2, 0) is 4.74 Å². The third-order valence-electron chi connectivity index (χ3n) is 5.62. The molecule has 1 aliphatic rings. The zero-order chi connectivity index (χ0) is 20.8. The number of nitrogens with zero attached hydrogens (tertiary/aromatic N) is 5. The van der Waals surface area contributed by atoms with Crippen molar-refractivity contribution >= 4 is 5.95 Å². The predicted molar refractivity (Wildman–Crippen MR) is 113 cm³/mol. The Morgan fingerprint density at radius 1 is 1.28 bits per heavy atom. The zero-order valence-corrected chi connectivity index (χ0v) is 18.2. The van der Waals surface area contributed by atoms with Crippen molar-refractivity contribution in [1.82, 2.24) is 20.0 Å². The van der Waals surface area contributed by atoms with Gasteiger partial charge >= 0.3 is 0 Å². The minimum absolute atomic E-state index is 0.331. The first-order valence-electron chi connectivity index (χ1n) is 10.4. The summed E-state index contributed by atoms with van der Waals surface area (Å²) < 4.78 is 16.3. The third-order valence-corrected chi connectivity index (χ3v) is 5.62. The van der Waals surface area contributed by atoms with Crippen molar-refractivity contribution < 1.29 is 14.0 Å². The number of rotatable bonds is 9. The van der Waals surface area contributed by atoms with Gasteiger partial charge in [0.15, 0.2) is 0 Å². The summed E-state index contributed by atoms with van der Waals surface area (Å²) in [6.07, 6.45) is 3.99. The molecule has 0 amide bonds. The first-order chi connectivity index (χ1) is 14.1. The molecule has 0 aliphatic carbocycles. The van der Waals surface area contributed by atoms with Gasteiger partial charge in [0.1, 0.15) is 11.4 Å². The van der Waals surface area contributed by atoms with Gasteiger partial charge in [-0.3, -0.25) is 9.88 Å². The van der Waals surface area contributed by atoms with Crippen LogP contribution in [-0.4, -0.2) is 73.1 Å². The predicted octanol–water partition coefficient (Wildman–Crippen LogP) is 3.20. The highest BCUT2D eigenvalue weighted by atomic mass is 16.5. The summed E-state index contributed by atoms with van der Waals surface area (Å²) in [5.74, 6) is 2.18. The van der Waals surface area contributed by atoms with E-state index in [1.54, 1.807) is 14.2 Å². The van der Waals surface area contributed by atoms with Crippen molar-refractivity contribution in [2.24, 2.45) is 0 Å². The van der Waals surface area contributed by atoms with Crippen LogP contribution in [0.3, 0.4) is 0 Å². The number of piperidine rings is 1. The molecule has 0 spiro atoms. The Morgan fingerprint density at radius 3 is 2.66 bits per heavy atom. The quantitative estimate of drug-likeness (QED) is 0.632. The Morgan fingerprint density at radius 2 is 2.03 bits per heavy atom. The van der Waals surface area contributed by atoms with Crippen LogP contribution in [0.25, 0.3) is 11.6 Å². The molecule has 0 bridgehead atoms. The summed E-state index contributed by atoms with van der Waals surface area (Å²) in [6, 6.07) is 2.45. The fraction of sp³-hybridized carbons (Fsp3) is 0.667. The Kier molecular flexibility index (Phi) is 7.44. The fourth-order valence-corrected chi connectivity index (χ4v) is 3.86. The number of hydrogen-bond donors (Lipinski definition) is 0. The van der Waals surface area contributed by atoms with Gasteiger partial charge in [-0.2, -0.15) is 4.98 Å². The first-order valence-corrected chi connectivity index (χ1v) is 10.4. The van der Waals surface area contributed by atoms with E-state index in [9.17, 15) is 0 Å². The van der Waals surface area contributed by atoms with Crippen molar-refractivity contribution in [3.8, 4) is 17.3 Å². The van der Waals surface area contributed by atoms with Gasteiger partial charge in [-0.15, -0.1) is 0 Å². The molecule has 1 saturated heterocycles. The minimum Gasteiger partial charge on any atom is -0.496 e. The number of methoxy groups -OCH3 is 2. The molecular weight excluding hydrogens is 370 g/mol. The van der Waals surface area contributed by atoms with E-state index in [4.69, 9.17) is 14.0 Å². The second-order valence-electron chi connectivity index (χ2n) is 7.71. The molecule has 8 heteroatoms. The number of pyridine rings is 1. The van der Waals surface area contributed by atoms with Crippen LogP contribution in [0.1, 0.15) is 45.1 Å². The molecule has 1 aliphatic heterocycles. The van der Waals surface area contributed by atoms with Crippen molar-refractivity contribution in [2.45, 2.75) is 45.6 Å². The topological polar surface area (TPSA) is 76.8 Å². The van der Waals surface area contributed by atoms with E-state index in [0.717, 1.165) is 56.9 Å². The minimum atomic E-state index is 0.331. The van der Waals surface area contributed by atoms with Crippen molar-refractivity contribution in [3.05, 3.63) is 17.8 Å². The standard InChI is InChI=1S/C21H33N5O3/c1-6-25(11-12-27-4)16-7-9-26(10-8-16)21-23-20(29-24-21)18-13-19(28-5)17(14-22-18)15(2)3/h13-16H,6-12H2,1-5H3. The van der Waals surface area contributed by atoms with E-state index < -0.39 is 0 Å². The largest absolute Gasteiger partial charge is 0.496 e. The first kappa shape index (κ1) is 21.5. The molecular formula is C21H33N5O3. The van der Waals surface area contributed by atoms with Crippen molar-refractivity contribution in [2.75, 3.05) is 51.9 Å². The lowest BCUT2D eigenvalue weighted by molar-refractivity contribution is 0.112. The molecule has 3 rings (SSSR count). The van der Waals surface area contributed by atoms with E-state index in [-0.39, 0.29) is 0 Å². The van der Waals surface area contributed by atoms with Gasteiger partial charge in [-0.05, 0) is 30.5 Å². The summed E-state index contributed by atoms with van der Waals surface area (Å²) in [5.41, 5.74) is 1.70. The average molecular weight is 404 g/mol. The molecule has 0 N–H and O–H groups in total. The molecule has 2 aromatic rings. The van der Waals surface area contributed by atoms with Gasteiger partial charge in [0.05, 0.1) is 13.7 Å². The second kappa shape index (κ2) is 10.0. The van der Waals surface area contributed by atoms with Crippen molar-refractivity contribution in [3.63, 3.8) is 0 Å². The van der Waals surface area contributed by atoms with Crippen LogP contribution < -0.4 is 9.64 Å². The maximum absolute atomic E-state index is 5.51. The molecule has 1 fully saturated rings. The molecule has 0 saturated carbocycles. The molecule has 0 aromatic carbocycles. The molecule has 29 heavy (non-hydrogen) atoms. The van der Waals surface area contributed by atoms with Gasteiger partial charge < -0.3 is 18.9 Å². The second-order valence-corrected chi connectivity index (χ2v) is 7.71. The number of hydrogen-bond acceptors (Lipinski definition) is 8. The van der Waals surface area contributed by atoms with Crippen LogP contribution >= 0.6 is 0 Å². The van der Waals surface area contributed by atoms with Crippen LogP contribution in [0.15, 0.2) is 16.8 Å². The lowest BCUT2D eigenvalue weighted by atomic mass is 10.0. The van der Waals surface area contributed by atoms with E-state index in [2.05, 4.69) is 45.7 Å². The van der Waals surface area contributed by atoms with Crippen molar-refractivity contribution in [1.29, 1.82) is 0 Å². The summed E-state index contributed by atoms with van der Waals surface area (Å²) in [6.45, 7) is 11.1. The van der Waals surface area contributed by atoms with Gasteiger partial charge in [-0.1, -0.05) is 20.8 Å². The van der Waals surface area contributed by atoms with Gasteiger partial charge in [-0.25, -0.2) is 0 Å². The molecule has 0 radical (unpaired) electrons. The number of ether oxygens (including phenoxy) is 2. The molecule has 8 nitrogen and oxygen atoms in total. The van der Waals surface area contributed by atoms with Crippen LogP contribution in [0.4, 0.5) is 5.95 Å². The van der Waals surface area contributed by atoms with E-state index in [1.807, 2.05) is 12.3 Å². The zero-order valence-electron chi connectivity index (χ0n) is 18.2.